The van der Waals surface area contributed by atoms with Gasteiger partial charge in [0, 0.05) is 32.2 Å². The number of hydrogen-bond acceptors (Lipinski definition) is 3. The van der Waals surface area contributed by atoms with Gasteiger partial charge >= 0.3 is 0 Å². The summed E-state index contributed by atoms with van der Waals surface area (Å²) in [5, 5.41) is 7.97. The summed E-state index contributed by atoms with van der Waals surface area (Å²) in [6.07, 6.45) is 1.27. The molecule has 0 amide bonds. The molecule has 0 saturated carbocycles. The SMILES string of the molecule is CCC(C)C1CNCCN1Cc1ccsc1. The van der Waals surface area contributed by atoms with Crippen LogP contribution in [0.2, 0.25) is 0 Å². The zero-order chi connectivity index (χ0) is 11.4. The first-order valence-corrected chi connectivity index (χ1v) is 7.21. The summed E-state index contributed by atoms with van der Waals surface area (Å²) in [7, 11) is 0. The molecule has 2 heterocycles. The van der Waals surface area contributed by atoms with E-state index in [4.69, 9.17) is 0 Å². The third kappa shape index (κ3) is 2.84. The number of nitrogens with one attached hydrogen (secondary N) is 1. The molecule has 0 bridgehead atoms. The van der Waals surface area contributed by atoms with Crippen molar-refractivity contribution >= 4 is 11.3 Å². The van der Waals surface area contributed by atoms with Crippen LogP contribution in [-0.2, 0) is 6.54 Å². The lowest BCUT2D eigenvalue weighted by Crippen LogP contribution is -2.53. The van der Waals surface area contributed by atoms with E-state index in [1.165, 1.54) is 18.5 Å². The normalized spacial score (nSPS) is 24.5. The van der Waals surface area contributed by atoms with Crippen molar-refractivity contribution in [3.8, 4) is 0 Å². The fourth-order valence-electron chi connectivity index (χ4n) is 2.41. The molecule has 2 rings (SSSR count). The summed E-state index contributed by atoms with van der Waals surface area (Å²) in [5.41, 5.74) is 1.47. The summed E-state index contributed by atoms with van der Waals surface area (Å²) in [6, 6.07) is 2.96. The molecule has 2 atom stereocenters. The van der Waals surface area contributed by atoms with Gasteiger partial charge in [-0.15, -0.1) is 0 Å². The Labute approximate surface area is 103 Å². The number of piperazine rings is 1. The van der Waals surface area contributed by atoms with E-state index in [1.54, 1.807) is 11.3 Å². The van der Waals surface area contributed by atoms with E-state index in [0.29, 0.717) is 6.04 Å². The summed E-state index contributed by atoms with van der Waals surface area (Å²) >= 11 is 1.80. The molecule has 0 radical (unpaired) electrons. The molecule has 0 spiro atoms. The molecular weight excluding hydrogens is 216 g/mol. The Hall–Kier alpha value is -0.380. The number of rotatable bonds is 4. The van der Waals surface area contributed by atoms with Gasteiger partial charge in [0.05, 0.1) is 0 Å². The molecule has 1 aromatic rings. The standard InChI is InChI=1S/C13H22N2S/c1-3-11(2)13-8-14-5-6-15(13)9-12-4-7-16-10-12/h4,7,10-11,13-14H,3,5-6,8-9H2,1-2H3. The fourth-order valence-corrected chi connectivity index (χ4v) is 3.07. The molecule has 3 heteroatoms. The smallest absolute Gasteiger partial charge is 0.0250 e. The second kappa shape index (κ2) is 5.80. The number of thiophene rings is 1. The van der Waals surface area contributed by atoms with E-state index in [-0.39, 0.29) is 0 Å². The maximum atomic E-state index is 3.52. The highest BCUT2D eigenvalue weighted by Gasteiger charge is 2.26. The first kappa shape index (κ1) is 12.1. The maximum Gasteiger partial charge on any atom is 0.0250 e. The fraction of sp³-hybridized carbons (Fsp3) is 0.692. The van der Waals surface area contributed by atoms with Crippen molar-refractivity contribution < 1.29 is 0 Å². The van der Waals surface area contributed by atoms with Gasteiger partial charge in [-0.3, -0.25) is 4.90 Å². The van der Waals surface area contributed by atoms with Gasteiger partial charge in [0.1, 0.15) is 0 Å². The second-order valence-electron chi connectivity index (χ2n) is 4.76. The minimum Gasteiger partial charge on any atom is -0.314 e. The summed E-state index contributed by atoms with van der Waals surface area (Å²) in [4.78, 5) is 2.65. The zero-order valence-electron chi connectivity index (χ0n) is 10.3. The Balaban J connectivity index is 1.99. The first-order chi connectivity index (χ1) is 7.81. The van der Waals surface area contributed by atoms with Crippen LogP contribution >= 0.6 is 11.3 Å². The monoisotopic (exact) mass is 238 g/mol. The van der Waals surface area contributed by atoms with Gasteiger partial charge < -0.3 is 5.32 Å². The average Bonchev–Trinajstić information content (AvgIpc) is 2.82. The van der Waals surface area contributed by atoms with Crippen LogP contribution in [0.25, 0.3) is 0 Å². The quantitative estimate of drug-likeness (QED) is 0.867. The van der Waals surface area contributed by atoms with Crippen LogP contribution in [0.4, 0.5) is 0 Å². The molecule has 2 nitrogen and oxygen atoms in total. The molecular formula is C13H22N2S. The van der Waals surface area contributed by atoms with Gasteiger partial charge in [-0.1, -0.05) is 20.3 Å². The average molecular weight is 238 g/mol. The Bertz CT molecular complexity index is 297. The van der Waals surface area contributed by atoms with Gasteiger partial charge in [-0.25, -0.2) is 0 Å². The lowest BCUT2D eigenvalue weighted by molar-refractivity contribution is 0.109. The highest BCUT2D eigenvalue weighted by Crippen LogP contribution is 2.19. The van der Waals surface area contributed by atoms with Crippen molar-refractivity contribution in [1.82, 2.24) is 10.2 Å². The molecule has 0 aromatic carbocycles. The van der Waals surface area contributed by atoms with E-state index >= 15 is 0 Å². The van der Waals surface area contributed by atoms with E-state index in [0.717, 1.165) is 25.6 Å². The Kier molecular flexibility index (Phi) is 4.38. The van der Waals surface area contributed by atoms with Crippen LogP contribution < -0.4 is 5.32 Å². The van der Waals surface area contributed by atoms with Crippen LogP contribution in [0, 0.1) is 5.92 Å². The largest absolute Gasteiger partial charge is 0.314 e. The molecule has 90 valence electrons. The zero-order valence-corrected chi connectivity index (χ0v) is 11.1. The van der Waals surface area contributed by atoms with Crippen molar-refractivity contribution in [2.45, 2.75) is 32.9 Å². The van der Waals surface area contributed by atoms with E-state index in [2.05, 4.69) is 40.9 Å². The molecule has 1 aliphatic heterocycles. The topological polar surface area (TPSA) is 15.3 Å². The summed E-state index contributed by atoms with van der Waals surface area (Å²) < 4.78 is 0. The van der Waals surface area contributed by atoms with Crippen LogP contribution in [0.1, 0.15) is 25.8 Å². The van der Waals surface area contributed by atoms with Gasteiger partial charge in [-0.05, 0) is 28.3 Å². The Morgan fingerprint density at radius 1 is 1.62 bits per heavy atom. The molecule has 1 N–H and O–H groups in total. The molecule has 1 saturated heterocycles. The molecule has 0 aliphatic carbocycles. The number of nitrogens with zero attached hydrogens (tertiary/aromatic N) is 1. The van der Waals surface area contributed by atoms with E-state index in [1.807, 2.05) is 0 Å². The third-order valence-corrected chi connectivity index (χ3v) is 4.40. The van der Waals surface area contributed by atoms with Gasteiger partial charge in [0.25, 0.3) is 0 Å². The number of hydrogen-bond donors (Lipinski definition) is 1. The van der Waals surface area contributed by atoms with Crippen molar-refractivity contribution in [3.63, 3.8) is 0 Å². The lowest BCUT2D eigenvalue weighted by Gasteiger charge is -2.39. The predicted molar refractivity (Wildman–Crippen MR) is 70.8 cm³/mol. The van der Waals surface area contributed by atoms with Crippen LogP contribution in [-0.4, -0.2) is 30.6 Å². The van der Waals surface area contributed by atoms with Crippen molar-refractivity contribution in [2.24, 2.45) is 5.92 Å². The minimum absolute atomic E-state index is 0.707. The second-order valence-corrected chi connectivity index (χ2v) is 5.54. The Morgan fingerprint density at radius 3 is 3.19 bits per heavy atom. The molecule has 1 aliphatic rings. The molecule has 1 fully saturated rings. The summed E-state index contributed by atoms with van der Waals surface area (Å²) in [6.45, 7) is 9.27. The van der Waals surface area contributed by atoms with Crippen LogP contribution in [0.3, 0.4) is 0 Å². The summed E-state index contributed by atoms with van der Waals surface area (Å²) in [5.74, 6) is 0.784. The van der Waals surface area contributed by atoms with Gasteiger partial charge in [-0.2, -0.15) is 11.3 Å². The lowest BCUT2D eigenvalue weighted by atomic mass is 9.95. The first-order valence-electron chi connectivity index (χ1n) is 6.27. The van der Waals surface area contributed by atoms with Crippen LogP contribution in [0.15, 0.2) is 16.8 Å². The minimum atomic E-state index is 0.707. The van der Waals surface area contributed by atoms with Crippen molar-refractivity contribution in [3.05, 3.63) is 22.4 Å². The van der Waals surface area contributed by atoms with Crippen molar-refractivity contribution in [2.75, 3.05) is 19.6 Å². The van der Waals surface area contributed by atoms with Gasteiger partial charge in [0.2, 0.25) is 0 Å². The van der Waals surface area contributed by atoms with Crippen LogP contribution in [0.5, 0.6) is 0 Å². The highest BCUT2D eigenvalue weighted by molar-refractivity contribution is 7.07. The van der Waals surface area contributed by atoms with E-state index < -0.39 is 0 Å². The molecule has 16 heavy (non-hydrogen) atoms. The Morgan fingerprint density at radius 2 is 2.50 bits per heavy atom. The predicted octanol–water partition coefficient (Wildman–Crippen LogP) is 2.57. The maximum absolute atomic E-state index is 3.52. The third-order valence-electron chi connectivity index (χ3n) is 3.66. The molecule has 2 unspecified atom stereocenters. The molecule has 1 aromatic heterocycles. The van der Waals surface area contributed by atoms with Gasteiger partial charge in [0.15, 0.2) is 0 Å². The van der Waals surface area contributed by atoms with E-state index in [9.17, 15) is 0 Å². The highest BCUT2D eigenvalue weighted by atomic mass is 32.1. The van der Waals surface area contributed by atoms with Crippen molar-refractivity contribution in [1.29, 1.82) is 0 Å².